The summed E-state index contributed by atoms with van der Waals surface area (Å²) in [5.41, 5.74) is -0.0682. The van der Waals surface area contributed by atoms with Gasteiger partial charge in [0.1, 0.15) is 29.3 Å². The van der Waals surface area contributed by atoms with Crippen LogP contribution in [0.4, 0.5) is 27.6 Å². The lowest BCUT2D eigenvalue weighted by atomic mass is 9.74. The van der Waals surface area contributed by atoms with Crippen LogP contribution in [0.3, 0.4) is 0 Å². The first-order valence-electron chi connectivity index (χ1n) is 13.4. The van der Waals surface area contributed by atoms with E-state index < -0.39 is 77.8 Å². The van der Waals surface area contributed by atoms with Gasteiger partial charge in [-0.3, -0.25) is 4.79 Å². The Morgan fingerprint density at radius 3 is 2.12 bits per heavy atom. The van der Waals surface area contributed by atoms with Crippen molar-refractivity contribution in [2.45, 2.75) is 90.1 Å². The molecule has 2 heterocycles. The molecule has 3 N–H and O–H groups in total. The molecular weight excluding hydrogens is 566 g/mol. The number of amides is 1. The average Bonchev–Trinajstić information content (AvgIpc) is 3.43. The fourth-order valence-corrected chi connectivity index (χ4v) is 4.89. The molecule has 2 aromatic carbocycles. The first-order valence-corrected chi connectivity index (χ1v) is 13.4. The molecule has 1 amide bonds. The Morgan fingerprint density at radius 1 is 1.02 bits per heavy atom. The maximum Gasteiger partial charge on any atom is 0.495 e. The number of alkyl halides is 3. The molecule has 2 aliphatic rings. The van der Waals surface area contributed by atoms with Crippen LogP contribution < -0.4 is 16.1 Å². The molecule has 0 saturated carbocycles. The lowest BCUT2D eigenvalue weighted by Crippen LogP contribution is -2.43. The largest absolute Gasteiger partial charge is 0.495 e. The van der Waals surface area contributed by atoms with Gasteiger partial charge in [-0.25, -0.2) is 13.6 Å². The SMILES string of the molecule is CCC(Nc1cc(F)c(C(=O)NC(Cc2ccc(B3OC(C)(C)C(C)(C)O3)c3c2COC3)C(=O)O)c(F)c1)C(F)(F)F. The Balaban J connectivity index is 1.54. The molecule has 0 aromatic heterocycles. The number of anilines is 1. The number of nitrogens with one attached hydrogen (secondary N) is 2. The molecule has 2 aliphatic heterocycles. The molecule has 0 radical (unpaired) electrons. The van der Waals surface area contributed by atoms with Crippen LogP contribution in [-0.2, 0) is 38.5 Å². The Hall–Kier alpha value is -3.23. The highest BCUT2D eigenvalue weighted by Gasteiger charge is 2.52. The monoisotopic (exact) mass is 598 g/mol. The molecule has 0 aliphatic carbocycles. The molecule has 14 heteroatoms. The van der Waals surface area contributed by atoms with Crippen molar-refractivity contribution >= 4 is 30.1 Å². The maximum atomic E-state index is 14.8. The van der Waals surface area contributed by atoms with Gasteiger partial charge in [0, 0.05) is 12.1 Å². The Morgan fingerprint density at radius 2 is 1.60 bits per heavy atom. The summed E-state index contributed by atoms with van der Waals surface area (Å²) in [6.45, 7) is 9.31. The number of carboxylic acid groups (broad SMARTS) is 1. The van der Waals surface area contributed by atoms with E-state index in [1.165, 1.54) is 6.92 Å². The predicted octanol–water partition coefficient (Wildman–Crippen LogP) is 4.47. The quantitative estimate of drug-likeness (QED) is 0.289. The van der Waals surface area contributed by atoms with Gasteiger partial charge in [-0.15, -0.1) is 0 Å². The minimum absolute atomic E-state index is 0.173. The number of halogens is 5. The van der Waals surface area contributed by atoms with Crippen molar-refractivity contribution in [2.24, 2.45) is 0 Å². The van der Waals surface area contributed by atoms with E-state index in [4.69, 9.17) is 14.0 Å². The first-order chi connectivity index (χ1) is 19.4. The predicted molar refractivity (Wildman–Crippen MR) is 143 cm³/mol. The summed E-state index contributed by atoms with van der Waals surface area (Å²) in [5, 5.41) is 14.0. The van der Waals surface area contributed by atoms with Crippen LogP contribution in [0.2, 0.25) is 0 Å². The van der Waals surface area contributed by atoms with Gasteiger partial charge in [-0.2, -0.15) is 13.2 Å². The average molecular weight is 598 g/mol. The van der Waals surface area contributed by atoms with Gasteiger partial charge < -0.3 is 29.8 Å². The molecule has 228 valence electrons. The number of hydrogen-bond donors (Lipinski definition) is 3. The van der Waals surface area contributed by atoms with Crippen molar-refractivity contribution in [2.75, 3.05) is 5.32 Å². The van der Waals surface area contributed by atoms with E-state index in [0.29, 0.717) is 23.3 Å². The number of hydrogen-bond acceptors (Lipinski definition) is 6. The Bertz CT molecular complexity index is 1340. The number of fused-ring (bicyclic) bond motifs is 1. The van der Waals surface area contributed by atoms with Crippen molar-refractivity contribution in [1.29, 1.82) is 0 Å². The molecule has 1 saturated heterocycles. The third-order valence-electron chi connectivity index (χ3n) is 8.01. The van der Waals surface area contributed by atoms with Crippen LogP contribution in [0.15, 0.2) is 24.3 Å². The summed E-state index contributed by atoms with van der Waals surface area (Å²) in [6, 6.07) is 0.872. The van der Waals surface area contributed by atoms with Crippen molar-refractivity contribution in [3.05, 3.63) is 58.2 Å². The summed E-state index contributed by atoms with van der Waals surface area (Å²) in [5.74, 6) is -5.72. The van der Waals surface area contributed by atoms with Gasteiger partial charge in [-0.1, -0.05) is 19.1 Å². The van der Waals surface area contributed by atoms with Crippen molar-refractivity contribution in [3.8, 4) is 0 Å². The van der Waals surface area contributed by atoms with Crippen LogP contribution in [0.25, 0.3) is 0 Å². The van der Waals surface area contributed by atoms with Crippen LogP contribution in [0.1, 0.15) is 68.1 Å². The lowest BCUT2D eigenvalue weighted by molar-refractivity contribution is -0.143. The topological polar surface area (TPSA) is 106 Å². The number of carbonyl (C=O) groups is 2. The van der Waals surface area contributed by atoms with E-state index in [2.05, 4.69) is 5.32 Å². The van der Waals surface area contributed by atoms with Crippen LogP contribution >= 0.6 is 0 Å². The molecular formula is C28H32BF5N2O6. The second-order valence-electron chi connectivity index (χ2n) is 11.4. The standard InChI is InChI=1S/C28H32BF5N2O6/c1-6-22(28(32,33)34)35-15-10-19(30)23(20(31)11-15)24(37)36-21(25(38)39)9-14-7-8-18(17-13-40-12-16(14)17)29-41-26(2,3)27(4,5)42-29/h7-8,10-11,21-22,35H,6,9,12-13H2,1-5H3,(H,36,37)(H,38,39). The van der Waals surface area contributed by atoms with Gasteiger partial charge in [-0.05, 0) is 68.4 Å². The minimum atomic E-state index is -4.67. The highest BCUT2D eigenvalue weighted by Crippen LogP contribution is 2.37. The lowest BCUT2D eigenvalue weighted by Gasteiger charge is -2.32. The van der Waals surface area contributed by atoms with Gasteiger partial charge in [0.2, 0.25) is 0 Å². The van der Waals surface area contributed by atoms with Crippen molar-refractivity contribution in [1.82, 2.24) is 5.32 Å². The molecule has 42 heavy (non-hydrogen) atoms. The third kappa shape index (κ3) is 6.25. The van der Waals surface area contributed by atoms with Gasteiger partial charge >= 0.3 is 19.3 Å². The smallest absolute Gasteiger partial charge is 0.480 e. The van der Waals surface area contributed by atoms with E-state index >= 15 is 0 Å². The second-order valence-corrected chi connectivity index (χ2v) is 11.4. The summed E-state index contributed by atoms with van der Waals surface area (Å²) in [6.07, 6.45) is -5.30. The van der Waals surface area contributed by atoms with E-state index in [-0.39, 0.29) is 19.6 Å². The highest BCUT2D eigenvalue weighted by molar-refractivity contribution is 6.62. The Labute approximate surface area is 240 Å². The van der Waals surface area contributed by atoms with Gasteiger partial charge in [0.15, 0.2) is 0 Å². The minimum Gasteiger partial charge on any atom is -0.480 e. The number of rotatable bonds is 9. The third-order valence-corrected chi connectivity index (χ3v) is 8.01. The van der Waals surface area contributed by atoms with E-state index in [1.807, 2.05) is 33.0 Å². The Kier molecular flexibility index (Phi) is 8.65. The fourth-order valence-electron chi connectivity index (χ4n) is 4.89. The zero-order chi connectivity index (χ0) is 31.2. The van der Waals surface area contributed by atoms with Crippen LogP contribution in [0, 0.1) is 11.6 Å². The van der Waals surface area contributed by atoms with E-state index in [9.17, 15) is 36.6 Å². The van der Waals surface area contributed by atoms with Crippen LogP contribution in [0.5, 0.6) is 0 Å². The van der Waals surface area contributed by atoms with Crippen molar-refractivity contribution < 1.29 is 50.7 Å². The number of benzene rings is 2. The molecule has 2 atom stereocenters. The van der Waals surface area contributed by atoms with Crippen LogP contribution in [-0.4, -0.2) is 53.6 Å². The summed E-state index contributed by atoms with van der Waals surface area (Å²) in [7, 11) is -0.679. The van der Waals surface area contributed by atoms with Gasteiger partial charge in [0.05, 0.1) is 24.4 Å². The number of carbonyl (C=O) groups excluding carboxylic acids is 1. The van der Waals surface area contributed by atoms with Crippen molar-refractivity contribution in [3.63, 3.8) is 0 Å². The molecule has 8 nitrogen and oxygen atoms in total. The highest BCUT2D eigenvalue weighted by atomic mass is 19.4. The first kappa shape index (κ1) is 31.7. The van der Waals surface area contributed by atoms with Gasteiger partial charge in [0.25, 0.3) is 5.91 Å². The summed E-state index contributed by atoms with van der Waals surface area (Å²) in [4.78, 5) is 24.9. The fraction of sp³-hybridized carbons (Fsp3) is 0.500. The molecule has 0 bridgehead atoms. The normalized spacial score (nSPS) is 18.9. The zero-order valence-electron chi connectivity index (χ0n) is 23.7. The van der Waals surface area contributed by atoms with E-state index in [1.54, 1.807) is 12.1 Å². The second kappa shape index (κ2) is 11.5. The summed E-state index contributed by atoms with van der Waals surface area (Å²) < 4.78 is 86.7. The molecule has 0 spiro atoms. The summed E-state index contributed by atoms with van der Waals surface area (Å²) >= 11 is 0. The van der Waals surface area contributed by atoms with E-state index in [0.717, 1.165) is 11.0 Å². The number of carboxylic acids is 1. The molecule has 4 rings (SSSR count). The molecule has 2 aromatic rings. The molecule has 2 unspecified atom stereocenters. The molecule has 1 fully saturated rings. The maximum absolute atomic E-state index is 14.8. The number of aliphatic carboxylic acids is 1. The number of ether oxygens (including phenoxy) is 1. The zero-order valence-corrected chi connectivity index (χ0v) is 23.7.